The number of carbonyl (C=O) groups excluding carboxylic acids is 2. The number of nitrogens with zero attached hydrogens (tertiary/aromatic N) is 1. The van der Waals surface area contributed by atoms with Gasteiger partial charge in [-0.15, -0.1) is 0 Å². The first kappa shape index (κ1) is 21.1. The summed E-state index contributed by atoms with van der Waals surface area (Å²) in [5, 5.41) is 6.69. The molecule has 0 radical (unpaired) electrons. The van der Waals surface area contributed by atoms with Crippen molar-refractivity contribution in [2.24, 2.45) is 0 Å². The van der Waals surface area contributed by atoms with Gasteiger partial charge in [0.15, 0.2) is 15.6 Å². The molecule has 2 amide bonds. The Hall–Kier alpha value is -4.18. The number of hydrogen-bond acceptors (Lipinski definition) is 6. The molecule has 4 rings (SSSR count). The van der Waals surface area contributed by atoms with Gasteiger partial charge < -0.3 is 4.42 Å². The second-order valence-electron chi connectivity index (χ2n) is 6.79. The minimum Gasteiger partial charge on any atom is -0.459 e. The van der Waals surface area contributed by atoms with E-state index in [-0.39, 0.29) is 21.9 Å². The molecule has 2 aromatic carbocycles. The molecular weight excluding hydrogens is 432 g/mol. The fourth-order valence-corrected chi connectivity index (χ4v) is 4.37. The minimum atomic E-state index is -3.68. The third-order valence-corrected chi connectivity index (χ3v) is 6.26. The van der Waals surface area contributed by atoms with Crippen LogP contribution in [0.1, 0.15) is 26.6 Å². The van der Waals surface area contributed by atoms with Crippen molar-refractivity contribution in [2.45, 2.75) is 10.6 Å². The standard InChI is InChI=1S/C22H18N4O5S/c27-21(19-13-18(23-24-19)15-7-3-1-4-8-15)25-26-22(28)20-16(11-12-31-20)14-32(29,30)17-9-5-2-6-10-17/h1-13H,14H2,(H,23,24)(H,25,27)(H,26,28). The number of furan rings is 1. The minimum absolute atomic E-state index is 0.134. The number of carbonyl (C=O) groups is 2. The lowest BCUT2D eigenvalue weighted by atomic mass is 10.1. The van der Waals surface area contributed by atoms with E-state index in [4.69, 9.17) is 4.42 Å². The molecule has 0 aliphatic carbocycles. The Morgan fingerprint density at radius 3 is 2.28 bits per heavy atom. The molecule has 2 aromatic heterocycles. The van der Waals surface area contributed by atoms with Crippen molar-refractivity contribution >= 4 is 21.7 Å². The van der Waals surface area contributed by atoms with E-state index in [9.17, 15) is 18.0 Å². The van der Waals surface area contributed by atoms with Gasteiger partial charge in [0.2, 0.25) is 0 Å². The number of hydrogen-bond donors (Lipinski definition) is 3. The molecular formula is C22H18N4O5S. The average molecular weight is 450 g/mol. The van der Waals surface area contributed by atoms with Crippen LogP contribution in [0.15, 0.2) is 88.4 Å². The smallest absolute Gasteiger partial charge is 0.305 e. The van der Waals surface area contributed by atoms with Gasteiger partial charge in [0.05, 0.1) is 22.6 Å². The normalized spacial score (nSPS) is 11.1. The molecule has 162 valence electrons. The van der Waals surface area contributed by atoms with E-state index in [1.54, 1.807) is 24.3 Å². The molecule has 0 spiro atoms. The topological polar surface area (TPSA) is 134 Å². The zero-order valence-corrected chi connectivity index (χ0v) is 17.4. The van der Waals surface area contributed by atoms with Gasteiger partial charge in [-0.1, -0.05) is 48.5 Å². The monoisotopic (exact) mass is 450 g/mol. The highest BCUT2D eigenvalue weighted by atomic mass is 32.2. The average Bonchev–Trinajstić information content (AvgIpc) is 3.48. The molecule has 0 saturated heterocycles. The van der Waals surface area contributed by atoms with E-state index >= 15 is 0 Å². The number of amides is 2. The van der Waals surface area contributed by atoms with Crippen molar-refractivity contribution in [3.05, 3.63) is 96.1 Å². The predicted molar refractivity (Wildman–Crippen MR) is 115 cm³/mol. The molecule has 32 heavy (non-hydrogen) atoms. The quantitative estimate of drug-likeness (QED) is 0.387. The Morgan fingerprint density at radius 1 is 0.906 bits per heavy atom. The maximum absolute atomic E-state index is 12.6. The number of benzene rings is 2. The summed E-state index contributed by atoms with van der Waals surface area (Å²) in [5.74, 6) is -2.05. The number of aromatic amines is 1. The third-order valence-electron chi connectivity index (χ3n) is 4.58. The molecule has 0 atom stereocenters. The summed E-state index contributed by atoms with van der Waals surface area (Å²) in [6, 6.07) is 20.1. The first-order chi connectivity index (χ1) is 15.4. The molecule has 0 fully saturated rings. The van der Waals surface area contributed by atoms with Crippen molar-refractivity contribution in [2.75, 3.05) is 0 Å². The first-order valence-electron chi connectivity index (χ1n) is 9.50. The van der Waals surface area contributed by atoms with Crippen LogP contribution in [-0.4, -0.2) is 30.4 Å². The second kappa shape index (κ2) is 8.90. The zero-order chi connectivity index (χ0) is 22.6. The van der Waals surface area contributed by atoms with Crippen LogP contribution in [-0.2, 0) is 15.6 Å². The van der Waals surface area contributed by atoms with Gasteiger partial charge in [0.25, 0.3) is 5.91 Å². The van der Waals surface area contributed by atoms with Gasteiger partial charge in [0.1, 0.15) is 5.69 Å². The number of H-pyrrole nitrogens is 1. The van der Waals surface area contributed by atoms with Crippen molar-refractivity contribution in [3.63, 3.8) is 0 Å². The van der Waals surface area contributed by atoms with Gasteiger partial charge in [0, 0.05) is 11.1 Å². The lowest BCUT2D eigenvalue weighted by molar-refractivity contribution is 0.0828. The largest absolute Gasteiger partial charge is 0.459 e. The summed E-state index contributed by atoms with van der Waals surface area (Å²) in [4.78, 5) is 24.9. The molecule has 10 heteroatoms. The lowest BCUT2D eigenvalue weighted by Gasteiger charge is -2.07. The number of aromatic nitrogens is 2. The highest BCUT2D eigenvalue weighted by Gasteiger charge is 2.23. The van der Waals surface area contributed by atoms with Crippen molar-refractivity contribution in [3.8, 4) is 11.3 Å². The van der Waals surface area contributed by atoms with Crippen LogP contribution in [0.3, 0.4) is 0 Å². The second-order valence-corrected chi connectivity index (χ2v) is 8.78. The van der Waals surface area contributed by atoms with Crippen molar-refractivity contribution in [1.82, 2.24) is 21.0 Å². The molecule has 2 heterocycles. The van der Waals surface area contributed by atoms with E-state index in [0.717, 1.165) is 5.56 Å². The van der Waals surface area contributed by atoms with Gasteiger partial charge in [-0.25, -0.2) is 8.42 Å². The maximum atomic E-state index is 12.6. The summed E-state index contributed by atoms with van der Waals surface area (Å²) >= 11 is 0. The Labute approximate surface area is 183 Å². The lowest BCUT2D eigenvalue weighted by Crippen LogP contribution is -2.42. The summed E-state index contributed by atoms with van der Waals surface area (Å²) in [6.07, 6.45) is 1.22. The van der Waals surface area contributed by atoms with E-state index < -0.39 is 27.4 Å². The molecule has 4 aromatic rings. The third kappa shape index (κ3) is 4.60. The number of hydrazine groups is 1. The van der Waals surface area contributed by atoms with Crippen LogP contribution in [0.2, 0.25) is 0 Å². The zero-order valence-electron chi connectivity index (χ0n) is 16.6. The number of rotatable bonds is 6. The Morgan fingerprint density at radius 2 is 1.56 bits per heavy atom. The molecule has 0 unspecified atom stereocenters. The van der Waals surface area contributed by atoms with Gasteiger partial charge in [-0.3, -0.25) is 25.5 Å². The predicted octanol–water partition coefficient (Wildman–Crippen LogP) is 2.72. The Balaban J connectivity index is 1.41. The van der Waals surface area contributed by atoms with E-state index in [1.807, 2.05) is 30.3 Å². The summed E-state index contributed by atoms with van der Waals surface area (Å²) < 4.78 is 30.3. The SMILES string of the molecule is O=C(NNC(=O)c1occc1CS(=O)(=O)c1ccccc1)c1cc(-c2ccccc2)n[nH]1. The van der Waals surface area contributed by atoms with Crippen LogP contribution < -0.4 is 10.9 Å². The number of nitrogens with one attached hydrogen (secondary N) is 3. The maximum Gasteiger partial charge on any atom is 0.305 e. The van der Waals surface area contributed by atoms with E-state index in [0.29, 0.717) is 5.69 Å². The van der Waals surface area contributed by atoms with Crippen molar-refractivity contribution < 1.29 is 22.4 Å². The van der Waals surface area contributed by atoms with Gasteiger partial charge >= 0.3 is 5.91 Å². The van der Waals surface area contributed by atoms with Crippen LogP contribution in [0, 0.1) is 0 Å². The molecule has 3 N–H and O–H groups in total. The summed E-state index contributed by atoms with van der Waals surface area (Å²) in [7, 11) is -3.68. The summed E-state index contributed by atoms with van der Waals surface area (Å²) in [5.41, 5.74) is 6.18. The Kier molecular flexibility index (Phi) is 5.86. The molecule has 9 nitrogen and oxygen atoms in total. The highest BCUT2D eigenvalue weighted by Crippen LogP contribution is 2.20. The van der Waals surface area contributed by atoms with Crippen LogP contribution >= 0.6 is 0 Å². The fraction of sp³-hybridized carbons (Fsp3) is 0.0455. The van der Waals surface area contributed by atoms with Crippen LogP contribution in [0.25, 0.3) is 11.3 Å². The highest BCUT2D eigenvalue weighted by molar-refractivity contribution is 7.90. The molecule has 0 aliphatic heterocycles. The Bertz CT molecular complexity index is 1350. The van der Waals surface area contributed by atoms with Crippen LogP contribution in [0.4, 0.5) is 0 Å². The fourth-order valence-electron chi connectivity index (χ4n) is 3.00. The molecule has 0 bridgehead atoms. The first-order valence-corrected chi connectivity index (χ1v) is 11.1. The van der Waals surface area contributed by atoms with E-state index in [2.05, 4.69) is 21.0 Å². The summed E-state index contributed by atoms with van der Waals surface area (Å²) in [6.45, 7) is 0. The van der Waals surface area contributed by atoms with Crippen molar-refractivity contribution in [1.29, 1.82) is 0 Å². The van der Waals surface area contributed by atoms with E-state index in [1.165, 1.54) is 24.5 Å². The van der Waals surface area contributed by atoms with Crippen LogP contribution in [0.5, 0.6) is 0 Å². The molecule has 0 saturated carbocycles. The molecule has 0 aliphatic rings. The van der Waals surface area contributed by atoms with Gasteiger partial charge in [-0.2, -0.15) is 5.10 Å². The van der Waals surface area contributed by atoms with Gasteiger partial charge in [-0.05, 0) is 24.3 Å². The number of sulfone groups is 1.